The SMILES string of the molecule is [CH2]CCC(C)COCOCCOC. The second kappa shape index (κ2) is 9.96. The van der Waals surface area contributed by atoms with Gasteiger partial charge in [-0.15, -0.1) is 0 Å². The molecule has 0 aliphatic carbocycles. The fraction of sp³-hybridized carbons (Fsp3) is 0.900. The van der Waals surface area contributed by atoms with Gasteiger partial charge in [0.15, 0.2) is 0 Å². The lowest BCUT2D eigenvalue weighted by Crippen LogP contribution is -2.10. The van der Waals surface area contributed by atoms with E-state index in [1.165, 1.54) is 0 Å². The zero-order valence-electron chi connectivity index (χ0n) is 8.75. The second-order valence-electron chi connectivity index (χ2n) is 3.14. The fourth-order valence-corrected chi connectivity index (χ4v) is 0.941. The number of hydrogen-bond acceptors (Lipinski definition) is 3. The molecule has 0 saturated carbocycles. The lowest BCUT2D eigenvalue weighted by atomic mass is 10.1. The molecule has 79 valence electrons. The molecule has 0 aromatic carbocycles. The van der Waals surface area contributed by atoms with Crippen LogP contribution in [0.4, 0.5) is 0 Å². The van der Waals surface area contributed by atoms with E-state index >= 15 is 0 Å². The molecule has 0 N–H and O–H groups in total. The van der Waals surface area contributed by atoms with Crippen molar-refractivity contribution >= 4 is 0 Å². The van der Waals surface area contributed by atoms with Crippen molar-refractivity contribution in [3.8, 4) is 0 Å². The zero-order valence-corrected chi connectivity index (χ0v) is 8.75. The minimum absolute atomic E-state index is 0.366. The first-order chi connectivity index (χ1) is 6.31. The summed E-state index contributed by atoms with van der Waals surface area (Å²) >= 11 is 0. The van der Waals surface area contributed by atoms with Gasteiger partial charge in [-0.05, 0) is 12.3 Å². The van der Waals surface area contributed by atoms with Gasteiger partial charge in [-0.2, -0.15) is 0 Å². The van der Waals surface area contributed by atoms with Crippen LogP contribution in [-0.4, -0.2) is 33.7 Å². The summed E-state index contributed by atoms with van der Waals surface area (Å²) in [6, 6.07) is 0. The maximum absolute atomic E-state index is 5.29. The van der Waals surface area contributed by atoms with Crippen LogP contribution >= 0.6 is 0 Å². The molecule has 0 aromatic heterocycles. The Hall–Kier alpha value is -0.120. The summed E-state index contributed by atoms with van der Waals surface area (Å²) in [4.78, 5) is 0. The van der Waals surface area contributed by atoms with Crippen molar-refractivity contribution in [1.29, 1.82) is 0 Å². The molecule has 0 aromatic rings. The Kier molecular flexibility index (Phi) is 9.87. The summed E-state index contributed by atoms with van der Waals surface area (Å²) in [7, 11) is 1.65. The molecule has 1 radical (unpaired) electrons. The highest BCUT2D eigenvalue weighted by Gasteiger charge is 1.99. The van der Waals surface area contributed by atoms with Crippen LogP contribution in [0.1, 0.15) is 19.8 Å². The van der Waals surface area contributed by atoms with Crippen LogP contribution in [0.5, 0.6) is 0 Å². The summed E-state index contributed by atoms with van der Waals surface area (Å²) in [5, 5.41) is 0. The lowest BCUT2D eigenvalue weighted by molar-refractivity contribution is -0.0740. The molecule has 0 aliphatic rings. The molecule has 0 fully saturated rings. The maximum atomic E-state index is 5.29. The minimum Gasteiger partial charge on any atom is -0.382 e. The van der Waals surface area contributed by atoms with E-state index in [2.05, 4.69) is 13.8 Å². The first kappa shape index (κ1) is 12.9. The number of hydrogen-bond donors (Lipinski definition) is 0. The first-order valence-electron chi connectivity index (χ1n) is 4.75. The number of rotatable bonds is 9. The summed E-state index contributed by atoms with van der Waals surface area (Å²) in [6.07, 6.45) is 2.08. The van der Waals surface area contributed by atoms with Gasteiger partial charge in [0.2, 0.25) is 0 Å². The molecule has 1 unspecified atom stereocenters. The normalized spacial score (nSPS) is 13.2. The van der Waals surface area contributed by atoms with Crippen LogP contribution in [-0.2, 0) is 14.2 Å². The highest BCUT2D eigenvalue weighted by atomic mass is 16.7. The Morgan fingerprint density at radius 1 is 1.23 bits per heavy atom. The highest BCUT2D eigenvalue weighted by Crippen LogP contribution is 2.04. The molecule has 1 atom stereocenters. The third-order valence-electron chi connectivity index (χ3n) is 1.70. The van der Waals surface area contributed by atoms with E-state index in [0.717, 1.165) is 19.4 Å². The van der Waals surface area contributed by atoms with Crippen LogP contribution in [0.2, 0.25) is 0 Å². The summed E-state index contributed by atoms with van der Waals surface area (Å²) in [5.41, 5.74) is 0. The Labute approximate surface area is 81.4 Å². The van der Waals surface area contributed by atoms with E-state index in [4.69, 9.17) is 14.2 Å². The predicted molar refractivity (Wildman–Crippen MR) is 52.4 cm³/mol. The molecule has 3 heteroatoms. The summed E-state index contributed by atoms with van der Waals surface area (Å²) in [5.74, 6) is 0.573. The summed E-state index contributed by atoms with van der Waals surface area (Å²) in [6.45, 7) is 8.28. The van der Waals surface area contributed by atoms with E-state index in [1.807, 2.05) is 0 Å². The van der Waals surface area contributed by atoms with E-state index in [-0.39, 0.29) is 0 Å². The predicted octanol–water partition coefficient (Wildman–Crippen LogP) is 1.87. The first-order valence-corrected chi connectivity index (χ1v) is 4.75. The molecular weight excluding hydrogens is 168 g/mol. The van der Waals surface area contributed by atoms with Gasteiger partial charge in [0, 0.05) is 7.11 Å². The van der Waals surface area contributed by atoms with Gasteiger partial charge in [-0.25, -0.2) is 0 Å². The van der Waals surface area contributed by atoms with Gasteiger partial charge in [-0.1, -0.05) is 20.3 Å². The minimum atomic E-state index is 0.366. The van der Waals surface area contributed by atoms with Crippen LogP contribution < -0.4 is 0 Å². The molecular formula is C10H21O3. The van der Waals surface area contributed by atoms with Crippen LogP contribution in [0.15, 0.2) is 0 Å². The molecule has 0 bridgehead atoms. The average molecular weight is 189 g/mol. The van der Waals surface area contributed by atoms with Crippen molar-refractivity contribution in [3.05, 3.63) is 6.92 Å². The van der Waals surface area contributed by atoms with Crippen molar-refractivity contribution in [2.45, 2.75) is 19.8 Å². The molecule has 0 heterocycles. The van der Waals surface area contributed by atoms with Gasteiger partial charge in [0.05, 0.1) is 19.8 Å². The standard InChI is InChI=1S/C10H21O3/c1-4-5-10(2)8-13-9-12-7-6-11-3/h10H,1,4-9H2,2-3H3. The number of ether oxygens (including phenoxy) is 3. The smallest absolute Gasteiger partial charge is 0.146 e. The Morgan fingerprint density at radius 3 is 2.62 bits per heavy atom. The van der Waals surface area contributed by atoms with Crippen molar-refractivity contribution < 1.29 is 14.2 Å². The molecule has 3 nitrogen and oxygen atoms in total. The van der Waals surface area contributed by atoms with Gasteiger partial charge in [0.1, 0.15) is 6.79 Å². The molecule has 0 amide bonds. The van der Waals surface area contributed by atoms with Crippen molar-refractivity contribution in [3.63, 3.8) is 0 Å². The van der Waals surface area contributed by atoms with Gasteiger partial charge >= 0.3 is 0 Å². The molecule has 0 rings (SSSR count). The molecule has 0 spiro atoms. The third-order valence-corrected chi connectivity index (χ3v) is 1.70. The average Bonchev–Trinajstić information content (AvgIpc) is 2.11. The van der Waals surface area contributed by atoms with E-state index in [9.17, 15) is 0 Å². The largest absolute Gasteiger partial charge is 0.382 e. The quantitative estimate of drug-likeness (QED) is 0.409. The van der Waals surface area contributed by atoms with Crippen LogP contribution in [0, 0.1) is 12.8 Å². The van der Waals surface area contributed by atoms with E-state index in [0.29, 0.717) is 25.9 Å². The van der Waals surface area contributed by atoms with Crippen molar-refractivity contribution in [2.24, 2.45) is 5.92 Å². The van der Waals surface area contributed by atoms with Gasteiger partial charge in [0.25, 0.3) is 0 Å². The Morgan fingerprint density at radius 2 is 2.00 bits per heavy atom. The second-order valence-corrected chi connectivity index (χ2v) is 3.14. The Bertz CT molecular complexity index is 96.2. The van der Waals surface area contributed by atoms with Gasteiger partial charge < -0.3 is 14.2 Å². The molecule has 0 aliphatic heterocycles. The third kappa shape index (κ3) is 9.80. The number of methoxy groups -OCH3 is 1. The zero-order chi connectivity index (χ0) is 9.94. The lowest BCUT2D eigenvalue weighted by Gasteiger charge is -2.10. The monoisotopic (exact) mass is 189 g/mol. The topological polar surface area (TPSA) is 27.7 Å². The van der Waals surface area contributed by atoms with E-state index in [1.54, 1.807) is 7.11 Å². The van der Waals surface area contributed by atoms with Crippen molar-refractivity contribution in [2.75, 3.05) is 33.7 Å². The Balaban J connectivity index is 2.97. The molecule has 0 saturated heterocycles. The molecule has 13 heavy (non-hydrogen) atoms. The van der Waals surface area contributed by atoms with Crippen LogP contribution in [0.3, 0.4) is 0 Å². The summed E-state index contributed by atoms with van der Waals surface area (Å²) < 4.78 is 15.2. The van der Waals surface area contributed by atoms with E-state index < -0.39 is 0 Å². The van der Waals surface area contributed by atoms with Crippen molar-refractivity contribution in [1.82, 2.24) is 0 Å². The fourth-order valence-electron chi connectivity index (χ4n) is 0.941. The maximum Gasteiger partial charge on any atom is 0.146 e. The van der Waals surface area contributed by atoms with Crippen LogP contribution in [0.25, 0.3) is 0 Å². The highest BCUT2D eigenvalue weighted by molar-refractivity contribution is 4.51. The van der Waals surface area contributed by atoms with Gasteiger partial charge in [-0.3, -0.25) is 0 Å².